The van der Waals surface area contributed by atoms with Crippen molar-refractivity contribution in [1.82, 2.24) is 4.90 Å². The van der Waals surface area contributed by atoms with Gasteiger partial charge in [0.25, 0.3) is 0 Å². The predicted octanol–water partition coefficient (Wildman–Crippen LogP) is 15.3. The summed E-state index contributed by atoms with van der Waals surface area (Å²) in [7, 11) is 2.20. The van der Waals surface area contributed by atoms with Gasteiger partial charge in [0.1, 0.15) is 11.0 Å². The van der Waals surface area contributed by atoms with Crippen molar-refractivity contribution >= 4 is 23.7 Å². The van der Waals surface area contributed by atoms with Crippen LogP contribution in [0.3, 0.4) is 0 Å². The van der Waals surface area contributed by atoms with E-state index >= 15 is 0 Å². The maximum Gasteiger partial charge on any atom is 0.306 e. The normalized spacial score (nSPS) is 16.9. The van der Waals surface area contributed by atoms with Gasteiger partial charge >= 0.3 is 11.9 Å². The largest absolute Gasteiger partial charge is 0.466 e. The van der Waals surface area contributed by atoms with Gasteiger partial charge in [0.2, 0.25) is 0 Å². The van der Waals surface area contributed by atoms with Gasteiger partial charge in [0.15, 0.2) is 0 Å². The lowest BCUT2D eigenvalue weighted by atomic mass is 10.0. The number of carbonyl (C=O) groups excluding carboxylic acids is 2. The molecule has 0 radical (unpaired) electrons. The lowest BCUT2D eigenvalue weighted by molar-refractivity contribution is -0.150. The Morgan fingerprint density at radius 2 is 1.04 bits per heavy atom. The zero-order valence-electron chi connectivity index (χ0n) is 38.8. The molecule has 2 atom stereocenters. The highest BCUT2D eigenvalue weighted by Gasteiger charge is 2.39. The zero-order valence-corrected chi connectivity index (χ0v) is 39.7. The van der Waals surface area contributed by atoms with Crippen LogP contribution in [0.5, 0.6) is 0 Å². The average Bonchev–Trinajstić information content (AvgIpc) is 3.62. The van der Waals surface area contributed by atoms with E-state index in [0.29, 0.717) is 25.6 Å². The van der Waals surface area contributed by atoms with E-state index in [4.69, 9.17) is 14.2 Å². The van der Waals surface area contributed by atoms with Crippen LogP contribution >= 0.6 is 11.8 Å². The van der Waals surface area contributed by atoms with Crippen LogP contribution in [0, 0.1) is 0 Å². The van der Waals surface area contributed by atoms with Crippen molar-refractivity contribution in [2.45, 2.75) is 276 Å². The maximum atomic E-state index is 12.9. The summed E-state index contributed by atoms with van der Waals surface area (Å²) in [6.45, 7) is 11.8. The fourth-order valence-electron chi connectivity index (χ4n) is 8.19. The predicted molar refractivity (Wildman–Crippen MR) is 247 cm³/mol. The Morgan fingerprint density at radius 3 is 1.56 bits per heavy atom. The average molecular weight is 824 g/mol. The zero-order chi connectivity index (χ0) is 41.5. The molecule has 1 aliphatic heterocycles. The molecule has 1 saturated heterocycles. The summed E-state index contributed by atoms with van der Waals surface area (Å²) in [6.07, 6.45) is 42.4. The third-order valence-corrected chi connectivity index (χ3v) is 13.8. The molecule has 0 spiro atoms. The number of nitrogens with zero attached hydrogens (tertiary/aromatic N) is 1. The molecule has 0 aromatic heterocycles. The minimum absolute atomic E-state index is 0.0229. The Balaban J connectivity index is 2.36. The molecule has 338 valence electrons. The summed E-state index contributed by atoms with van der Waals surface area (Å²) in [5.41, 5.74) is 0. The van der Waals surface area contributed by atoms with Crippen molar-refractivity contribution in [1.29, 1.82) is 0 Å². The fraction of sp³-hybridized carbons (Fsp3) is 0.960. The fourth-order valence-corrected chi connectivity index (χ4v) is 9.69. The van der Waals surface area contributed by atoms with Gasteiger partial charge in [-0.05, 0) is 90.6 Å². The summed E-state index contributed by atoms with van der Waals surface area (Å²) < 4.78 is 18.5. The number of esters is 2. The second kappa shape index (κ2) is 39.4. The van der Waals surface area contributed by atoms with Crippen molar-refractivity contribution in [2.24, 2.45) is 0 Å². The molecule has 2 unspecified atom stereocenters. The minimum atomic E-state index is -0.0865. The molecule has 0 saturated carbocycles. The lowest BCUT2D eigenvalue weighted by Gasteiger charge is -2.29. The molecule has 0 aliphatic carbocycles. The highest BCUT2D eigenvalue weighted by Crippen LogP contribution is 2.45. The second-order valence-corrected chi connectivity index (χ2v) is 19.1. The van der Waals surface area contributed by atoms with Gasteiger partial charge in [-0.1, -0.05) is 169 Å². The Kier molecular flexibility index (Phi) is 37.4. The van der Waals surface area contributed by atoms with Gasteiger partial charge in [-0.3, -0.25) is 9.59 Å². The minimum Gasteiger partial charge on any atom is -0.466 e. The number of unbranched alkanes of at least 4 members (excludes halogenated alkanes) is 24. The first-order valence-corrected chi connectivity index (χ1v) is 26.2. The number of hydrogen-bond acceptors (Lipinski definition) is 7. The number of rotatable bonds is 43. The van der Waals surface area contributed by atoms with Crippen molar-refractivity contribution in [3.05, 3.63) is 0 Å². The molecule has 0 aromatic rings. The Morgan fingerprint density at radius 1 is 0.596 bits per heavy atom. The Labute approximate surface area is 359 Å². The van der Waals surface area contributed by atoms with E-state index in [2.05, 4.69) is 39.6 Å². The van der Waals surface area contributed by atoms with Crippen LogP contribution in [-0.2, 0) is 23.8 Å². The monoisotopic (exact) mass is 824 g/mol. The maximum absolute atomic E-state index is 12.9. The van der Waals surface area contributed by atoms with Crippen molar-refractivity contribution in [2.75, 3.05) is 32.5 Å². The molecular weight excluding hydrogens is 727 g/mol. The van der Waals surface area contributed by atoms with E-state index in [1.807, 2.05) is 11.8 Å². The molecule has 1 fully saturated rings. The van der Waals surface area contributed by atoms with E-state index in [-0.39, 0.29) is 23.0 Å². The summed E-state index contributed by atoms with van der Waals surface area (Å²) in [5.74, 6) is 1.09. The van der Waals surface area contributed by atoms with Crippen LogP contribution in [0.2, 0.25) is 0 Å². The van der Waals surface area contributed by atoms with E-state index in [9.17, 15) is 9.59 Å². The quantitative estimate of drug-likeness (QED) is 0.0448. The van der Waals surface area contributed by atoms with E-state index < -0.39 is 0 Å². The van der Waals surface area contributed by atoms with Gasteiger partial charge in [0, 0.05) is 25.1 Å². The molecular formula is C50H97NO5S. The van der Waals surface area contributed by atoms with Gasteiger partial charge in [-0.15, -0.1) is 11.8 Å². The molecule has 0 amide bonds. The molecule has 6 nitrogen and oxygen atoms in total. The van der Waals surface area contributed by atoms with Gasteiger partial charge in [-0.2, -0.15) is 0 Å². The number of thioether (sulfide) groups is 1. The molecule has 57 heavy (non-hydrogen) atoms. The van der Waals surface area contributed by atoms with Crippen molar-refractivity contribution < 1.29 is 23.8 Å². The van der Waals surface area contributed by atoms with E-state index in [0.717, 1.165) is 89.5 Å². The van der Waals surface area contributed by atoms with Crippen molar-refractivity contribution in [3.8, 4) is 0 Å². The molecule has 7 heteroatoms. The van der Waals surface area contributed by atoms with Gasteiger partial charge in [0.05, 0.1) is 12.7 Å². The van der Waals surface area contributed by atoms with E-state index in [1.54, 1.807) is 0 Å². The SMILES string of the molecule is CCCCCCCCCCCOC(=O)CCCCCC1(CCCCCCCC(=O)OC(CCCCCCCC)CCCCCCCC)OC(CCN(C)CC)CS1. The van der Waals surface area contributed by atoms with Crippen LogP contribution in [0.1, 0.15) is 259 Å². The highest BCUT2D eigenvalue weighted by molar-refractivity contribution is 8.00. The number of ether oxygens (including phenoxy) is 3. The lowest BCUT2D eigenvalue weighted by Crippen LogP contribution is -2.29. The van der Waals surface area contributed by atoms with Crippen LogP contribution in [0.15, 0.2) is 0 Å². The third kappa shape index (κ3) is 32.6. The van der Waals surface area contributed by atoms with Crippen molar-refractivity contribution in [3.63, 3.8) is 0 Å². The van der Waals surface area contributed by atoms with Crippen LogP contribution in [0.25, 0.3) is 0 Å². The first-order valence-electron chi connectivity index (χ1n) is 25.2. The Hall–Kier alpha value is -0.790. The standard InChI is InChI=1S/C50H97NO5S/c1-6-10-13-16-19-20-21-27-35-44-54-48(52)38-32-28-34-42-50(56-47(45-57-50)40-43-51(5)9-4)41-33-26-22-25-31-39-49(53)55-46(36-29-23-17-14-11-7-2)37-30-24-18-15-12-8-3/h46-47H,6-45H2,1-5H3. The molecule has 1 rings (SSSR count). The summed E-state index contributed by atoms with van der Waals surface area (Å²) in [6, 6.07) is 0. The summed E-state index contributed by atoms with van der Waals surface area (Å²) >= 11 is 2.05. The molecule has 0 bridgehead atoms. The number of carbonyl (C=O) groups is 2. The highest BCUT2D eigenvalue weighted by atomic mass is 32.2. The molecule has 0 N–H and O–H groups in total. The topological polar surface area (TPSA) is 65.1 Å². The van der Waals surface area contributed by atoms with Gasteiger partial charge in [-0.25, -0.2) is 0 Å². The second-order valence-electron chi connectivity index (χ2n) is 17.7. The molecule has 1 aliphatic rings. The summed E-state index contributed by atoms with van der Waals surface area (Å²) in [5, 5.41) is 0. The first-order chi connectivity index (χ1) is 27.9. The van der Waals surface area contributed by atoms with Gasteiger partial charge < -0.3 is 19.1 Å². The third-order valence-electron chi connectivity index (χ3n) is 12.2. The van der Waals surface area contributed by atoms with Crippen LogP contribution in [-0.4, -0.2) is 66.5 Å². The van der Waals surface area contributed by atoms with E-state index in [1.165, 1.54) is 148 Å². The molecule has 0 aromatic carbocycles. The molecule has 1 heterocycles. The van der Waals surface area contributed by atoms with Crippen LogP contribution < -0.4 is 0 Å². The smallest absolute Gasteiger partial charge is 0.306 e. The number of hydrogen-bond donors (Lipinski definition) is 0. The van der Waals surface area contributed by atoms with Crippen LogP contribution in [0.4, 0.5) is 0 Å². The Bertz CT molecular complexity index is 888. The first kappa shape index (κ1) is 54.2. The summed E-state index contributed by atoms with van der Waals surface area (Å²) in [4.78, 5) is 27.5.